The number of aliphatic hydroxyl groups is 2. The fourth-order valence-electron chi connectivity index (χ4n) is 3.53. The molecule has 34 heavy (non-hydrogen) atoms. The summed E-state index contributed by atoms with van der Waals surface area (Å²) in [5, 5.41) is 17.5. The Morgan fingerprint density at radius 3 is 2.74 bits per heavy atom. The summed E-state index contributed by atoms with van der Waals surface area (Å²) >= 11 is 4.58. The van der Waals surface area contributed by atoms with Gasteiger partial charge in [0.15, 0.2) is 5.82 Å². The number of aromatic nitrogens is 2. The highest BCUT2D eigenvalue weighted by atomic mass is 32.1. The number of aliphatic hydroxyl groups excluding tert-OH is 2. The van der Waals surface area contributed by atoms with Gasteiger partial charge >= 0.3 is 13.5 Å². The number of nitrogens with one attached hydrogen (secondary N) is 1. The molecule has 10 nitrogen and oxygen atoms in total. The predicted molar refractivity (Wildman–Crippen MR) is 116 cm³/mol. The molecule has 2 aromatic rings. The van der Waals surface area contributed by atoms with Gasteiger partial charge in [0.25, 0.3) is 5.85 Å². The minimum Gasteiger partial charge on any atom is -0.403 e. The summed E-state index contributed by atoms with van der Waals surface area (Å²) in [5.74, 6) is -4.91. The summed E-state index contributed by atoms with van der Waals surface area (Å²) in [5.41, 5.74) is -3.16. The molecular weight excluding hydrogens is 494 g/mol. The maximum atomic E-state index is 16.0. The number of aryl methyl sites for hydroxylation is 1. The topological polar surface area (TPSA) is 132 Å². The summed E-state index contributed by atoms with van der Waals surface area (Å²) in [4.78, 5) is 14.1. The van der Waals surface area contributed by atoms with Gasteiger partial charge in [-0.15, -0.1) is 0 Å². The van der Waals surface area contributed by atoms with E-state index in [9.17, 15) is 24.0 Å². The van der Waals surface area contributed by atoms with Crippen molar-refractivity contribution in [2.75, 3.05) is 0 Å². The Hall–Kier alpha value is -1.80. The van der Waals surface area contributed by atoms with Gasteiger partial charge in [-0.2, -0.15) is 0 Å². The number of phosphoric ester groups is 1. The van der Waals surface area contributed by atoms with E-state index in [0.29, 0.717) is 17.3 Å². The number of alkyl halides is 1. The van der Waals surface area contributed by atoms with Crippen LogP contribution in [-0.4, -0.2) is 66.8 Å². The number of benzene rings is 1. The Labute approximate surface area is 200 Å². The molecule has 0 aliphatic carbocycles. The molecule has 1 fully saturated rings. The first-order valence-electron chi connectivity index (χ1n) is 9.51. The summed E-state index contributed by atoms with van der Waals surface area (Å²) in [6, 6.07) is 4.94. The zero-order valence-electron chi connectivity index (χ0n) is 17.3. The number of nitrogens with zero attached hydrogens (tertiary/aromatic N) is 1. The van der Waals surface area contributed by atoms with Crippen LogP contribution in [0.5, 0.6) is 5.75 Å². The van der Waals surface area contributed by atoms with E-state index in [2.05, 4.69) is 12.2 Å². The third kappa shape index (κ3) is 3.81. The van der Waals surface area contributed by atoms with Crippen molar-refractivity contribution in [3.63, 3.8) is 0 Å². The normalized spacial score (nSPS) is 33.3. The SMILES string of the molecule is [B]C([B])(OP1(=O)OCc2cccc(C)c2O1)[C@@]1(F)O[C@@]([B])(n2cc(F)c(=S)[nH]c2=O)[C@H](O)[C@@H]1O. The van der Waals surface area contributed by atoms with Gasteiger partial charge in [-0.3, -0.25) is 18.6 Å². The molecule has 2 aliphatic rings. The molecule has 1 unspecified atom stereocenters. The Kier molecular flexibility index (Phi) is 6.04. The molecule has 0 amide bonds. The van der Waals surface area contributed by atoms with Crippen molar-refractivity contribution in [1.82, 2.24) is 9.55 Å². The predicted octanol–water partition coefficient (Wildman–Crippen LogP) is 0.275. The van der Waals surface area contributed by atoms with E-state index in [1.54, 1.807) is 25.1 Å². The van der Waals surface area contributed by atoms with Crippen molar-refractivity contribution in [3.05, 3.63) is 56.5 Å². The van der Waals surface area contributed by atoms with E-state index in [1.165, 1.54) is 0 Å². The van der Waals surface area contributed by atoms with Crippen molar-refractivity contribution in [1.29, 1.82) is 0 Å². The van der Waals surface area contributed by atoms with E-state index < -0.39 is 53.1 Å². The smallest absolute Gasteiger partial charge is 0.403 e. The summed E-state index contributed by atoms with van der Waals surface area (Å²) in [6.45, 7) is 1.35. The summed E-state index contributed by atoms with van der Waals surface area (Å²) in [7, 11) is 12.5. The lowest BCUT2D eigenvalue weighted by Gasteiger charge is -2.42. The third-order valence-electron chi connectivity index (χ3n) is 5.36. The first kappa shape index (κ1) is 25.3. The molecule has 0 saturated carbocycles. The average molecular weight is 508 g/mol. The van der Waals surface area contributed by atoms with E-state index in [4.69, 9.17) is 41.8 Å². The number of hydrogen-bond acceptors (Lipinski definition) is 9. The molecule has 2 aliphatic heterocycles. The average Bonchev–Trinajstić information content (AvgIpc) is 2.93. The van der Waals surface area contributed by atoms with Gasteiger partial charge in [0.1, 0.15) is 51.8 Å². The van der Waals surface area contributed by atoms with Crippen LogP contribution in [0.15, 0.2) is 29.2 Å². The monoisotopic (exact) mass is 508 g/mol. The molecule has 4 rings (SSSR count). The molecule has 5 atom stereocenters. The Morgan fingerprint density at radius 1 is 1.38 bits per heavy atom. The zero-order valence-corrected chi connectivity index (χ0v) is 19.0. The lowest BCUT2D eigenvalue weighted by molar-refractivity contribution is -0.240. The van der Waals surface area contributed by atoms with Crippen molar-refractivity contribution < 1.29 is 41.9 Å². The number of fused-ring (bicyclic) bond motifs is 1. The number of hydrogen-bond donors (Lipinski definition) is 3. The second-order valence-corrected chi connectivity index (χ2v) is 9.68. The highest BCUT2D eigenvalue weighted by Gasteiger charge is 2.69. The zero-order chi connectivity index (χ0) is 25.3. The molecule has 6 radical (unpaired) electrons. The number of H-pyrrole nitrogens is 1. The van der Waals surface area contributed by atoms with Crippen molar-refractivity contribution in [2.45, 2.75) is 42.6 Å². The largest absolute Gasteiger partial charge is 0.529 e. The number of para-hydroxylation sites is 1. The quantitative estimate of drug-likeness (QED) is 0.303. The van der Waals surface area contributed by atoms with Crippen LogP contribution in [-0.2, 0) is 30.6 Å². The number of halogens is 2. The van der Waals surface area contributed by atoms with Crippen molar-refractivity contribution in [3.8, 4) is 5.75 Å². The fraction of sp³-hybridized carbons (Fsp3) is 0.412. The fourth-order valence-corrected chi connectivity index (χ4v) is 5.09. The van der Waals surface area contributed by atoms with Gasteiger partial charge in [-0.1, -0.05) is 30.4 Å². The first-order chi connectivity index (χ1) is 15.6. The van der Waals surface area contributed by atoms with E-state index >= 15 is 4.39 Å². The second kappa shape index (κ2) is 8.12. The molecule has 17 heteroatoms. The van der Waals surface area contributed by atoms with E-state index in [1.807, 2.05) is 4.98 Å². The van der Waals surface area contributed by atoms with Crippen LogP contribution >= 0.6 is 20.0 Å². The minimum atomic E-state index is -4.73. The Balaban J connectivity index is 1.69. The van der Waals surface area contributed by atoms with E-state index in [0.717, 1.165) is 0 Å². The molecule has 3 N–H and O–H groups in total. The Morgan fingerprint density at radius 2 is 2.06 bits per heavy atom. The molecule has 1 saturated heterocycles. The molecule has 0 spiro atoms. The van der Waals surface area contributed by atoms with Crippen molar-refractivity contribution in [2.24, 2.45) is 0 Å². The lowest BCUT2D eigenvalue weighted by atomic mass is 9.59. The van der Waals surface area contributed by atoms with Crippen LogP contribution in [0.1, 0.15) is 11.1 Å². The van der Waals surface area contributed by atoms with Gasteiger partial charge in [-0.05, 0) is 12.5 Å². The molecule has 174 valence electrons. The molecule has 1 aromatic heterocycles. The molecule has 1 aromatic carbocycles. The van der Waals surface area contributed by atoms with Crippen LogP contribution in [0.4, 0.5) is 8.78 Å². The minimum absolute atomic E-state index is 0.114. The maximum absolute atomic E-state index is 16.0. The first-order valence-corrected chi connectivity index (χ1v) is 11.4. The standard InChI is InChI=1S/C17H14B3F2N2O8PS/c1-7-3-2-4-8-6-29-33(28,30-10(7)8)32-17(19,20)15(22)11(25)12(26)16(18,31-15)24-5-9(21)13(34)23-14(24)27/h2-5,11-12,25-26H,6H2,1H3,(H,23,27,34)/t11-,12+,15-,16-,33?/m0/s1. The van der Waals surface area contributed by atoms with Crippen molar-refractivity contribution >= 4 is 43.6 Å². The van der Waals surface area contributed by atoms with Gasteiger partial charge in [0, 0.05) is 11.8 Å². The van der Waals surface area contributed by atoms with Crippen LogP contribution in [0.2, 0.25) is 0 Å². The van der Waals surface area contributed by atoms with Crippen LogP contribution in [0.25, 0.3) is 0 Å². The van der Waals surface area contributed by atoms with Gasteiger partial charge in [-0.25, -0.2) is 18.1 Å². The highest BCUT2D eigenvalue weighted by Crippen LogP contribution is 2.59. The second-order valence-electron chi connectivity index (χ2n) is 7.75. The van der Waals surface area contributed by atoms with Crippen LogP contribution in [0, 0.1) is 17.4 Å². The summed E-state index contributed by atoms with van der Waals surface area (Å²) < 4.78 is 62.8. The molecule has 3 heterocycles. The maximum Gasteiger partial charge on any atom is 0.529 e. The van der Waals surface area contributed by atoms with Crippen LogP contribution in [0.3, 0.4) is 0 Å². The number of ether oxygens (including phenoxy) is 1. The van der Waals surface area contributed by atoms with E-state index in [-0.39, 0.29) is 16.9 Å². The van der Waals surface area contributed by atoms with Crippen LogP contribution < -0.4 is 10.2 Å². The van der Waals surface area contributed by atoms with Gasteiger partial charge < -0.3 is 19.5 Å². The lowest BCUT2D eigenvalue weighted by Crippen LogP contribution is -2.60. The third-order valence-corrected chi connectivity index (χ3v) is 7.04. The molecule has 0 bridgehead atoms. The Bertz CT molecular complexity index is 1330. The number of aromatic amines is 1. The highest BCUT2D eigenvalue weighted by molar-refractivity contribution is 7.71. The number of rotatable bonds is 4. The van der Waals surface area contributed by atoms with Gasteiger partial charge in [0.05, 0.1) is 12.0 Å². The summed E-state index contributed by atoms with van der Waals surface area (Å²) in [6.07, 6.45) is -4.75. The number of phosphoric acid groups is 1. The molecular formula is C17H14B3F2N2O8PS. The van der Waals surface area contributed by atoms with Gasteiger partial charge in [0.2, 0.25) is 0 Å².